The van der Waals surface area contributed by atoms with Crippen molar-refractivity contribution in [3.8, 4) is 11.5 Å². The number of aliphatic hydroxyl groups is 2. The lowest BCUT2D eigenvalue weighted by Crippen LogP contribution is -2.35. The van der Waals surface area contributed by atoms with Gasteiger partial charge in [-0.1, -0.05) is 23.8 Å². The highest BCUT2D eigenvalue weighted by molar-refractivity contribution is 5.86. The first-order chi connectivity index (χ1) is 15.3. The van der Waals surface area contributed by atoms with Gasteiger partial charge in [-0.2, -0.15) is 0 Å². The molecule has 0 amide bonds. The van der Waals surface area contributed by atoms with Gasteiger partial charge in [-0.25, -0.2) is 4.79 Å². The fourth-order valence-corrected chi connectivity index (χ4v) is 3.84. The van der Waals surface area contributed by atoms with Crippen LogP contribution in [0, 0.1) is 6.92 Å². The lowest BCUT2D eigenvalue weighted by atomic mass is 9.93. The van der Waals surface area contributed by atoms with Gasteiger partial charge in [-0.3, -0.25) is 0 Å². The highest BCUT2D eigenvalue weighted by Gasteiger charge is 2.28. The number of carboxylic acid groups (broad SMARTS) is 1. The summed E-state index contributed by atoms with van der Waals surface area (Å²) in [5.74, 6) is 0.0485. The predicted molar refractivity (Wildman–Crippen MR) is 130 cm³/mol. The zero-order valence-corrected chi connectivity index (χ0v) is 20.4. The maximum atomic E-state index is 11.5. The van der Waals surface area contributed by atoms with Crippen molar-refractivity contribution in [2.24, 2.45) is 0 Å². The highest BCUT2D eigenvalue weighted by Crippen LogP contribution is 2.38. The van der Waals surface area contributed by atoms with Crippen molar-refractivity contribution in [1.82, 2.24) is 0 Å². The van der Waals surface area contributed by atoms with Gasteiger partial charge in [0.15, 0.2) is 0 Å². The van der Waals surface area contributed by atoms with E-state index in [4.69, 9.17) is 4.74 Å². The van der Waals surface area contributed by atoms with Crippen molar-refractivity contribution in [1.29, 1.82) is 0 Å². The van der Waals surface area contributed by atoms with Crippen LogP contribution in [0.3, 0.4) is 0 Å². The van der Waals surface area contributed by atoms with E-state index >= 15 is 0 Å². The van der Waals surface area contributed by atoms with Crippen LogP contribution in [0.25, 0.3) is 6.08 Å². The average molecular weight is 459 g/mol. The minimum Gasteiger partial charge on any atom is -0.508 e. The van der Waals surface area contributed by atoms with Crippen LogP contribution < -0.4 is 4.74 Å². The number of hydrogen-bond acceptors (Lipinski definition) is 5. The van der Waals surface area contributed by atoms with Crippen molar-refractivity contribution < 1.29 is 30.0 Å². The number of aromatic hydroxyl groups is 1. The van der Waals surface area contributed by atoms with Crippen LogP contribution in [0.4, 0.5) is 0 Å². The maximum absolute atomic E-state index is 11.5. The molecule has 1 aromatic carbocycles. The molecule has 1 aliphatic rings. The van der Waals surface area contributed by atoms with E-state index in [9.17, 15) is 25.2 Å². The standard InChI is InChI=1S/C27H38O6/c1-18(8-6-10-20(25(30)31)11-12-23(29)26(3,4)32)9-7-14-27(5)15-13-21-17-22(28)16-19(2)24(21)33-27/h9-10,13,15-17,23,28-29,32H,6-8,11-12,14H2,1-5H3,(H,30,31). The lowest BCUT2D eigenvalue weighted by molar-refractivity contribution is -0.133. The fraction of sp³-hybridized carbons (Fsp3) is 0.519. The van der Waals surface area contributed by atoms with Gasteiger partial charge in [0.05, 0.1) is 11.7 Å². The number of ether oxygens (including phenoxy) is 1. The number of phenolic OH excluding ortho intramolecular Hbond substituents is 1. The van der Waals surface area contributed by atoms with E-state index in [0.717, 1.165) is 36.1 Å². The smallest absolute Gasteiger partial charge is 0.331 e. The molecule has 1 aliphatic heterocycles. The Hall–Kier alpha value is -2.57. The first kappa shape index (κ1) is 26.7. The molecular weight excluding hydrogens is 420 g/mol. The number of aliphatic hydroxyl groups excluding tert-OH is 1. The second-order valence-electron chi connectivity index (χ2n) is 9.80. The van der Waals surface area contributed by atoms with Crippen molar-refractivity contribution in [3.05, 3.63) is 52.6 Å². The van der Waals surface area contributed by atoms with Crippen molar-refractivity contribution in [2.75, 3.05) is 0 Å². The Morgan fingerprint density at radius 3 is 2.55 bits per heavy atom. The number of benzene rings is 1. The third kappa shape index (κ3) is 8.06. The first-order valence-electron chi connectivity index (χ1n) is 11.5. The zero-order valence-electron chi connectivity index (χ0n) is 20.4. The molecule has 1 heterocycles. The Labute approximate surface area is 196 Å². The summed E-state index contributed by atoms with van der Waals surface area (Å²) in [6.45, 7) is 9.03. The number of fused-ring (bicyclic) bond motifs is 1. The second-order valence-corrected chi connectivity index (χ2v) is 9.80. The molecule has 0 radical (unpaired) electrons. The molecule has 0 bridgehead atoms. The molecule has 0 fully saturated rings. The summed E-state index contributed by atoms with van der Waals surface area (Å²) in [4.78, 5) is 11.5. The highest BCUT2D eigenvalue weighted by atomic mass is 16.5. The largest absolute Gasteiger partial charge is 0.508 e. The third-order valence-corrected chi connectivity index (χ3v) is 6.08. The fourth-order valence-electron chi connectivity index (χ4n) is 3.84. The van der Waals surface area contributed by atoms with E-state index in [-0.39, 0.29) is 24.2 Å². The minimum absolute atomic E-state index is 0.199. The Morgan fingerprint density at radius 2 is 1.91 bits per heavy atom. The van der Waals surface area contributed by atoms with Crippen LogP contribution in [-0.2, 0) is 4.79 Å². The summed E-state index contributed by atoms with van der Waals surface area (Å²) in [7, 11) is 0. The van der Waals surface area contributed by atoms with E-state index in [1.165, 1.54) is 19.4 Å². The molecule has 6 nitrogen and oxygen atoms in total. The van der Waals surface area contributed by atoms with Gasteiger partial charge >= 0.3 is 5.97 Å². The molecule has 6 heteroatoms. The number of carbonyl (C=O) groups is 1. The van der Waals surface area contributed by atoms with Gasteiger partial charge in [0.25, 0.3) is 0 Å². The van der Waals surface area contributed by atoms with Crippen LogP contribution >= 0.6 is 0 Å². The monoisotopic (exact) mass is 458 g/mol. The Balaban J connectivity index is 1.87. The van der Waals surface area contributed by atoms with Crippen molar-refractivity contribution in [3.63, 3.8) is 0 Å². The van der Waals surface area contributed by atoms with Gasteiger partial charge in [-0.05, 0) is 96.9 Å². The second kappa shape index (κ2) is 11.0. The molecule has 2 rings (SSSR count). The average Bonchev–Trinajstić information content (AvgIpc) is 2.70. The van der Waals surface area contributed by atoms with Gasteiger partial charge in [-0.15, -0.1) is 0 Å². The number of aryl methyl sites for hydroxylation is 1. The summed E-state index contributed by atoms with van der Waals surface area (Å²) in [5, 5.41) is 38.9. The van der Waals surface area contributed by atoms with Crippen LogP contribution in [0.2, 0.25) is 0 Å². The summed E-state index contributed by atoms with van der Waals surface area (Å²) < 4.78 is 6.26. The number of allylic oxidation sites excluding steroid dienone is 3. The predicted octanol–water partition coefficient (Wildman–Crippen LogP) is 5.29. The normalized spacial score (nSPS) is 19.7. The van der Waals surface area contributed by atoms with Gasteiger partial charge in [0.2, 0.25) is 0 Å². The molecule has 33 heavy (non-hydrogen) atoms. The van der Waals surface area contributed by atoms with E-state index in [1.54, 1.807) is 18.2 Å². The van der Waals surface area contributed by atoms with E-state index in [2.05, 4.69) is 6.08 Å². The third-order valence-electron chi connectivity index (χ3n) is 6.08. The summed E-state index contributed by atoms with van der Waals surface area (Å²) in [6.07, 6.45) is 10.3. The van der Waals surface area contributed by atoms with Crippen molar-refractivity contribution >= 4 is 12.0 Å². The van der Waals surface area contributed by atoms with Crippen LogP contribution in [-0.4, -0.2) is 43.7 Å². The van der Waals surface area contributed by atoms with Crippen LogP contribution in [0.15, 0.2) is 41.5 Å². The molecule has 2 atom stereocenters. The lowest BCUT2D eigenvalue weighted by Gasteiger charge is -2.32. The number of carboxylic acids is 1. The van der Waals surface area contributed by atoms with Crippen LogP contribution in [0.5, 0.6) is 11.5 Å². The number of hydrogen-bond donors (Lipinski definition) is 4. The Kier molecular flexibility index (Phi) is 8.92. The Morgan fingerprint density at radius 1 is 1.21 bits per heavy atom. The number of aliphatic carboxylic acids is 1. The maximum Gasteiger partial charge on any atom is 0.331 e. The molecule has 0 saturated carbocycles. The van der Waals surface area contributed by atoms with Gasteiger partial charge in [0.1, 0.15) is 17.1 Å². The zero-order chi connectivity index (χ0) is 24.8. The van der Waals surface area contributed by atoms with Crippen LogP contribution in [0.1, 0.15) is 77.3 Å². The van der Waals surface area contributed by atoms with E-state index < -0.39 is 23.3 Å². The molecule has 1 aromatic rings. The number of phenols is 1. The molecule has 0 spiro atoms. The molecule has 0 aliphatic carbocycles. The summed E-state index contributed by atoms with van der Waals surface area (Å²) in [6, 6.07) is 3.40. The van der Waals surface area contributed by atoms with Gasteiger partial charge < -0.3 is 25.2 Å². The topological polar surface area (TPSA) is 107 Å². The van der Waals surface area contributed by atoms with Crippen molar-refractivity contribution in [2.45, 2.75) is 90.4 Å². The SMILES string of the molecule is CC(=CCCC1(C)C=Cc2cc(O)cc(C)c2O1)CCC=C(CCC(O)C(C)(C)O)C(=O)O. The summed E-state index contributed by atoms with van der Waals surface area (Å²) >= 11 is 0. The quantitative estimate of drug-likeness (QED) is 0.265. The first-order valence-corrected chi connectivity index (χ1v) is 11.5. The molecule has 182 valence electrons. The molecule has 2 unspecified atom stereocenters. The molecule has 4 N–H and O–H groups in total. The molecule has 0 aromatic heterocycles. The molecular formula is C27H38O6. The van der Waals surface area contributed by atoms with E-state index in [1.807, 2.05) is 32.9 Å². The minimum atomic E-state index is -1.25. The van der Waals surface area contributed by atoms with E-state index in [0.29, 0.717) is 6.42 Å². The molecule has 0 saturated heterocycles. The summed E-state index contributed by atoms with van der Waals surface area (Å²) in [5.41, 5.74) is 1.55. The number of rotatable bonds is 11. The Bertz CT molecular complexity index is 935. The van der Waals surface area contributed by atoms with Gasteiger partial charge in [0, 0.05) is 11.1 Å².